The van der Waals surface area contributed by atoms with Gasteiger partial charge in [0, 0.05) is 0 Å². The number of rotatable bonds is 2. The Balaban J connectivity index is 2.42. The number of carbonyl (C=O) groups is 1. The standard InChI is InChI=1S/C9H13N3O3/c1-9(7(13)14)4-2-3-6(9)12-5-10-11-8(12)15/h5-6H,2-4H2,1H3,(H,11,15)(H,13,14). The fourth-order valence-corrected chi connectivity index (χ4v) is 2.32. The average molecular weight is 211 g/mol. The Morgan fingerprint density at radius 3 is 3.07 bits per heavy atom. The van der Waals surface area contributed by atoms with E-state index < -0.39 is 11.4 Å². The number of hydrogen-bond acceptors (Lipinski definition) is 3. The van der Waals surface area contributed by atoms with E-state index in [1.807, 2.05) is 0 Å². The summed E-state index contributed by atoms with van der Waals surface area (Å²) in [5.74, 6) is -0.849. The Kier molecular flexibility index (Phi) is 2.13. The lowest BCUT2D eigenvalue weighted by atomic mass is 9.85. The van der Waals surface area contributed by atoms with Crippen LogP contribution in [0, 0.1) is 5.41 Å². The lowest BCUT2D eigenvalue weighted by Gasteiger charge is -2.26. The molecule has 1 aromatic rings. The van der Waals surface area contributed by atoms with Gasteiger partial charge in [0.2, 0.25) is 0 Å². The van der Waals surface area contributed by atoms with Crippen LogP contribution in [-0.4, -0.2) is 25.8 Å². The zero-order valence-corrected chi connectivity index (χ0v) is 8.43. The summed E-state index contributed by atoms with van der Waals surface area (Å²) < 4.78 is 1.39. The highest BCUT2D eigenvalue weighted by Gasteiger charge is 2.46. The van der Waals surface area contributed by atoms with Gasteiger partial charge in [0.15, 0.2) is 0 Å². The molecule has 1 aliphatic carbocycles. The van der Waals surface area contributed by atoms with Crippen LogP contribution in [0.5, 0.6) is 0 Å². The van der Waals surface area contributed by atoms with Gasteiger partial charge in [-0.3, -0.25) is 9.36 Å². The van der Waals surface area contributed by atoms with Crippen molar-refractivity contribution in [2.75, 3.05) is 0 Å². The van der Waals surface area contributed by atoms with Crippen molar-refractivity contribution in [3.8, 4) is 0 Å². The minimum atomic E-state index is -0.853. The van der Waals surface area contributed by atoms with Crippen LogP contribution in [-0.2, 0) is 4.79 Å². The number of hydrogen-bond donors (Lipinski definition) is 2. The van der Waals surface area contributed by atoms with Crippen LogP contribution in [0.1, 0.15) is 32.2 Å². The maximum absolute atomic E-state index is 11.4. The van der Waals surface area contributed by atoms with Crippen LogP contribution in [0.3, 0.4) is 0 Å². The van der Waals surface area contributed by atoms with Gasteiger partial charge in [-0.2, -0.15) is 5.10 Å². The minimum absolute atomic E-state index is 0.291. The summed E-state index contributed by atoms with van der Waals surface area (Å²) in [6.45, 7) is 1.69. The van der Waals surface area contributed by atoms with E-state index in [1.165, 1.54) is 10.9 Å². The molecule has 6 heteroatoms. The quantitative estimate of drug-likeness (QED) is 0.740. The second-order valence-corrected chi connectivity index (χ2v) is 4.20. The molecular formula is C9H13N3O3. The van der Waals surface area contributed by atoms with Crippen molar-refractivity contribution in [1.29, 1.82) is 0 Å². The van der Waals surface area contributed by atoms with Gasteiger partial charge < -0.3 is 5.11 Å². The van der Waals surface area contributed by atoms with E-state index in [0.29, 0.717) is 12.8 Å². The van der Waals surface area contributed by atoms with Crippen LogP contribution in [0.4, 0.5) is 0 Å². The minimum Gasteiger partial charge on any atom is -0.481 e. The number of aromatic amines is 1. The highest BCUT2D eigenvalue weighted by atomic mass is 16.4. The largest absolute Gasteiger partial charge is 0.481 e. The SMILES string of the molecule is CC1(C(=O)O)CCCC1n1cn[nH]c1=O. The fourth-order valence-electron chi connectivity index (χ4n) is 2.32. The molecule has 15 heavy (non-hydrogen) atoms. The van der Waals surface area contributed by atoms with Gasteiger partial charge in [0.25, 0.3) is 0 Å². The van der Waals surface area contributed by atoms with E-state index in [2.05, 4.69) is 10.2 Å². The zero-order valence-electron chi connectivity index (χ0n) is 8.43. The number of aliphatic carboxylic acids is 1. The van der Waals surface area contributed by atoms with Gasteiger partial charge in [-0.1, -0.05) is 6.42 Å². The summed E-state index contributed by atoms with van der Waals surface area (Å²) in [5.41, 5.74) is -1.19. The normalized spacial score (nSPS) is 30.6. The van der Waals surface area contributed by atoms with Crippen molar-refractivity contribution in [3.63, 3.8) is 0 Å². The second-order valence-electron chi connectivity index (χ2n) is 4.20. The number of carboxylic acid groups (broad SMARTS) is 1. The van der Waals surface area contributed by atoms with E-state index in [-0.39, 0.29) is 11.7 Å². The molecule has 0 spiro atoms. The monoisotopic (exact) mass is 211 g/mol. The lowest BCUT2D eigenvalue weighted by Crippen LogP contribution is -2.36. The number of nitrogens with zero attached hydrogens (tertiary/aromatic N) is 2. The van der Waals surface area contributed by atoms with Gasteiger partial charge in [-0.05, 0) is 19.8 Å². The highest BCUT2D eigenvalue weighted by Crippen LogP contribution is 2.45. The second kappa shape index (κ2) is 3.22. The molecule has 0 radical (unpaired) electrons. The van der Waals surface area contributed by atoms with Crippen molar-refractivity contribution >= 4 is 5.97 Å². The van der Waals surface area contributed by atoms with Gasteiger partial charge in [0.05, 0.1) is 11.5 Å². The predicted octanol–water partition coefficient (Wildman–Crippen LogP) is 0.387. The molecule has 0 aliphatic heterocycles. The van der Waals surface area contributed by atoms with Crippen molar-refractivity contribution in [2.24, 2.45) is 5.41 Å². The van der Waals surface area contributed by atoms with Gasteiger partial charge in [0.1, 0.15) is 6.33 Å². The molecule has 0 bridgehead atoms. The van der Waals surface area contributed by atoms with Gasteiger partial charge in [-0.15, -0.1) is 0 Å². The molecular weight excluding hydrogens is 198 g/mol. The van der Waals surface area contributed by atoms with Crippen molar-refractivity contribution in [2.45, 2.75) is 32.2 Å². The Hall–Kier alpha value is -1.59. The third-order valence-electron chi connectivity index (χ3n) is 3.31. The third-order valence-corrected chi connectivity index (χ3v) is 3.31. The molecule has 1 fully saturated rings. The van der Waals surface area contributed by atoms with Crippen LogP contribution in [0.2, 0.25) is 0 Å². The molecule has 0 saturated heterocycles. The first kappa shape index (κ1) is 9.95. The molecule has 1 saturated carbocycles. The van der Waals surface area contributed by atoms with Crippen molar-refractivity contribution in [3.05, 3.63) is 16.8 Å². The zero-order chi connectivity index (χ0) is 11.1. The van der Waals surface area contributed by atoms with E-state index in [9.17, 15) is 14.7 Å². The topological polar surface area (TPSA) is 88.0 Å². The molecule has 0 amide bonds. The maximum Gasteiger partial charge on any atom is 0.343 e. The smallest absolute Gasteiger partial charge is 0.343 e. The molecule has 2 atom stereocenters. The molecule has 82 valence electrons. The molecule has 2 unspecified atom stereocenters. The van der Waals surface area contributed by atoms with E-state index >= 15 is 0 Å². The summed E-state index contributed by atoms with van der Waals surface area (Å²) >= 11 is 0. The summed E-state index contributed by atoms with van der Waals surface area (Å²) in [6.07, 6.45) is 3.51. The lowest BCUT2D eigenvalue weighted by molar-refractivity contribution is -0.149. The summed E-state index contributed by atoms with van der Waals surface area (Å²) in [7, 11) is 0. The molecule has 2 N–H and O–H groups in total. The Morgan fingerprint density at radius 2 is 2.53 bits per heavy atom. The number of H-pyrrole nitrogens is 1. The summed E-state index contributed by atoms with van der Waals surface area (Å²) in [6, 6.07) is -0.291. The highest BCUT2D eigenvalue weighted by molar-refractivity contribution is 5.75. The Labute approximate surface area is 85.9 Å². The first-order valence-electron chi connectivity index (χ1n) is 4.90. The molecule has 2 rings (SSSR count). The predicted molar refractivity (Wildman–Crippen MR) is 51.5 cm³/mol. The summed E-state index contributed by atoms with van der Waals surface area (Å²) in [5, 5.41) is 15.1. The van der Waals surface area contributed by atoms with Crippen molar-refractivity contribution < 1.29 is 9.90 Å². The van der Waals surface area contributed by atoms with Gasteiger partial charge in [-0.25, -0.2) is 9.89 Å². The van der Waals surface area contributed by atoms with E-state index in [1.54, 1.807) is 6.92 Å². The van der Waals surface area contributed by atoms with Crippen LogP contribution < -0.4 is 5.69 Å². The van der Waals surface area contributed by atoms with Crippen LogP contribution in [0.25, 0.3) is 0 Å². The van der Waals surface area contributed by atoms with E-state index in [4.69, 9.17) is 0 Å². The van der Waals surface area contributed by atoms with Crippen LogP contribution >= 0.6 is 0 Å². The average Bonchev–Trinajstić information content (AvgIpc) is 2.72. The third kappa shape index (κ3) is 1.36. The Morgan fingerprint density at radius 1 is 1.80 bits per heavy atom. The van der Waals surface area contributed by atoms with E-state index in [0.717, 1.165) is 6.42 Å². The maximum atomic E-state index is 11.4. The summed E-state index contributed by atoms with van der Waals surface area (Å²) in [4.78, 5) is 22.6. The number of aromatic nitrogens is 3. The molecule has 6 nitrogen and oxygen atoms in total. The number of nitrogens with one attached hydrogen (secondary N) is 1. The molecule has 0 aromatic carbocycles. The first-order valence-corrected chi connectivity index (χ1v) is 4.90. The molecule has 1 heterocycles. The first-order chi connectivity index (χ1) is 7.05. The Bertz CT molecular complexity index is 436. The van der Waals surface area contributed by atoms with Gasteiger partial charge >= 0.3 is 11.7 Å². The molecule has 1 aliphatic rings. The number of carboxylic acids is 1. The van der Waals surface area contributed by atoms with Crippen molar-refractivity contribution in [1.82, 2.24) is 14.8 Å². The van der Waals surface area contributed by atoms with Crippen LogP contribution in [0.15, 0.2) is 11.1 Å². The fraction of sp³-hybridized carbons (Fsp3) is 0.667. The molecule has 1 aromatic heterocycles.